The number of esters is 1. The summed E-state index contributed by atoms with van der Waals surface area (Å²) < 4.78 is 5.63. The van der Waals surface area contributed by atoms with Crippen molar-refractivity contribution in [2.45, 2.75) is 60.0 Å². The average molecular weight is 288 g/mol. The molecule has 3 unspecified atom stereocenters. The van der Waals surface area contributed by atoms with Crippen molar-refractivity contribution in [1.29, 1.82) is 0 Å². The molecule has 0 heterocycles. The van der Waals surface area contributed by atoms with E-state index in [1.165, 1.54) is 17.6 Å². The summed E-state index contributed by atoms with van der Waals surface area (Å²) in [6.07, 6.45) is 7.60. The second-order valence-electron chi connectivity index (χ2n) is 7.36. The minimum Gasteiger partial charge on any atom is -0.454 e. The molecular weight excluding hydrogens is 260 g/mol. The van der Waals surface area contributed by atoms with E-state index in [1.54, 1.807) is 6.92 Å². The molecule has 1 saturated carbocycles. The number of hydrogen-bond acceptors (Lipinski definition) is 2. The van der Waals surface area contributed by atoms with E-state index in [-0.39, 0.29) is 12.1 Å². The van der Waals surface area contributed by atoms with Crippen LogP contribution < -0.4 is 0 Å². The second-order valence-corrected chi connectivity index (χ2v) is 7.36. The predicted octanol–water partition coefficient (Wildman–Crippen LogP) is 4.82. The van der Waals surface area contributed by atoms with Gasteiger partial charge in [-0.25, -0.2) is 4.79 Å². The molecule has 0 N–H and O–H groups in total. The number of carbonyl (C=O) groups is 1. The monoisotopic (exact) mass is 288 g/mol. The van der Waals surface area contributed by atoms with Crippen molar-refractivity contribution in [1.82, 2.24) is 0 Å². The Bertz CT molecular complexity index is 508. The zero-order valence-electron chi connectivity index (χ0n) is 14.0. The lowest BCUT2D eigenvalue weighted by atomic mass is 9.99. The van der Waals surface area contributed by atoms with Crippen LogP contribution in [0.2, 0.25) is 0 Å². The highest BCUT2D eigenvalue weighted by Gasteiger charge is 2.55. The van der Waals surface area contributed by atoms with Gasteiger partial charge in [-0.3, -0.25) is 0 Å². The van der Waals surface area contributed by atoms with E-state index in [0.717, 1.165) is 18.8 Å². The molecule has 0 saturated heterocycles. The van der Waals surface area contributed by atoms with Gasteiger partial charge >= 0.3 is 5.97 Å². The van der Waals surface area contributed by atoms with E-state index in [0.29, 0.717) is 16.9 Å². The van der Waals surface area contributed by atoms with Crippen molar-refractivity contribution < 1.29 is 9.53 Å². The van der Waals surface area contributed by atoms with Crippen molar-refractivity contribution in [2.24, 2.45) is 17.3 Å². The predicted molar refractivity (Wildman–Crippen MR) is 86.8 cm³/mol. The SMILES string of the molecule is C=C(C)C(=O)OC1CC=C(C)CCC2C(C=C1C)C2(C)C. The van der Waals surface area contributed by atoms with Crippen molar-refractivity contribution in [3.05, 3.63) is 35.5 Å². The van der Waals surface area contributed by atoms with Crippen LogP contribution in [0.15, 0.2) is 35.5 Å². The lowest BCUT2D eigenvalue weighted by molar-refractivity contribution is -0.142. The third kappa shape index (κ3) is 3.48. The first-order chi connectivity index (χ1) is 9.73. The van der Waals surface area contributed by atoms with E-state index in [9.17, 15) is 4.79 Å². The molecule has 0 amide bonds. The third-order valence-corrected chi connectivity index (χ3v) is 5.22. The summed E-state index contributed by atoms with van der Waals surface area (Å²) in [7, 11) is 0. The number of allylic oxidation sites excluding steroid dienone is 2. The van der Waals surface area contributed by atoms with Crippen LogP contribution in [0.3, 0.4) is 0 Å². The molecule has 116 valence electrons. The van der Waals surface area contributed by atoms with Gasteiger partial charge in [0.25, 0.3) is 0 Å². The topological polar surface area (TPSA) is 26.3 Å². The Hall–Kier alpha value is -1.31. The second kappa shape index (κ2) is 5.82. The number of fused-ring (bicyclic) bond motifs is 1. The molecule has 2 aliphatic carbocycles. The minimum absolute atomic E-state index is 0.153. The van der Waals surface area contributed by atoms with Crippen LogP contribution in [0.4, 0.5) is 0 Å². The highest BCUT2D eigenvalue weighted by molar-refractivity contribution is 5.87. The first-order valence-corrected chi connectivity index (χ1v) is 7.94. The lowest BCUT2D eigenvalue weighted by Gasteiger charge is -2.19. The first-order valence-electron chi connectivity index (χ1n) is 7.94. The summed E-state index contributed by atoms with van der Waals surface area (Å²) in [5.74, 6) is 1.09. The number of hydrogen-bond donors (Lipinski definition) is 0. The van der Waals surface area contributed by atoms with Crippen LogP contribution in [0.5, 0.6) is 0 Å². The smallest absolute Gasteiger partial charge is 0.333 e. The van der Waals surface area contributed by atoms with Crippen molar-refractivity contribution in [3.63, 3.8) is 0 Å². The molecule has 0 aromatic heterocycles. The first kappa shape index (κ1) is 16.1. The van der Waals surface area contributed by atoms with E-state index in [4.69, 9.17) is 4.74 Å². The summed E-state index contributed by atoms with van der Waals surface area (Å²) in [4.78, 5) is 11.8. The van der Waals surface area contributed by atoms with Gasteiger partial charge in [-0.1, -0.05) is 38.2 Å². The number of carbonyl (C=O) groups excluding carboxylic acids is 1. The number of ether oxygens (including phenoxy) is 1. The van der Waals surface area contributed by atoms with E-state index >= 15 is 0 Å². The van der Waals surface area contributed by atoms with Gasteiger partial charge in [-0.15, -0.1) is 0 Å². The van der Waals surface area contributed by atoms with E-state index in [2.05, 4.69) is 46.4 Å². The summed E-state index contributed by atoms with van der Waals surface area (Å²) in [5.41, 5.74) is 3.43. The average Bonchev–Trinajstić information content (AvgIpc) is 2.91. The normalized spacial score (nSPS) is 31.4. The Morgan fingerprint density at radius 1 is 1.38 bits per heavy atom. The van der Waals surface area contributed by atoms with Crippen LogP contribution in [0, 0.1) is 17.3 Å². The summed E-state index contributed by atoms with van der Waals surface area (Å²) in [5, 5.41) is 0. The van der Waals surface area contributed by atoms with Crippen LogP contribution in [0.25, 0.3) is 0 Å². The largest absolute Gasteiger partial charge is 0.454 e. The fourth-order valence-electron chi connectivity index (χ4n) is 3.41. The highest BCUT2D eigenvalue weighted by atomic mass is 16.5. The molecule has 21 heavy (non-hydrogen) atoms. The van der Waals surface area contributed by atoms with Crippen LogP contribution in [0.1, 0.15) is 53.9 Å². The quantitative estimate of drug-likeness (QED) is 0.413. The van der Waals surface area contributed by atoms with Crippen molar-refractivity contribution in [3.8, 4) is 0 Å². The van der Waals surface area contributed by atoms with E-state index in [1.807, 2.05) is 0 Å². The Morgan fingerprint density at radius 3 is 2.67 bits per heavy atom. The Morgan fingerprint density at radius 2 is 2.05 bits per heavy atom. The summed E-state index contributed by atoms with van der Waals surface area (Å²) in [6, 6.07) is 0. The maximum atomic E-state index is 11.8. The van der Waals surface area contributed by atoms with Gasteiger partial charge in [-0.2, -0.15) is 0 Å². The molecule has 2 aliphatic rings. The minimum atomic E-state index is -0.289. The zero-order chi connectivity index (χ0) is 15.8. The maximum Gasteiger partial charge on any atom is 0.333 e. The van der Waals surface area contributed by atoms with Gasteiger partial charge < -0.3 is 4.74 Å². The summed E-state index contributed by atoms with van der Waals surface area (Å²) >= 11 is 0. The Labute approximate surface area is 129 Å². The molecule has 0 aromatic rings. The van der Waals surface area contributed by atoms with Crippen molar-refractivity contribution in [2.75, 3.05) is 0 Å². The zero-order valence-corrected chi connectivity index (χ0v) is 14.0. The molecule has 0 radical (unpaired) electrons. The van der Waals surface area contributed by atoms with Crippen LogP contribution in [-0.4, -0.2) is 12.1 Å². The Balaban J connectivity index is 2.22. The fourth-order valence-corrected chi connectivity index (χ4v) is 3.41. The number of rotatable bonds is 2. The third-order valence-electron chi connectivity index (χ3n) is 5.22. The highest BCUT2D eigenvalue weighted by Crippen LogP contribution is 2.61. The fraction of sp³-hybridized carbons (Fsp3) is 0.632. The standard InChI is InChI=1S/C19H28O2/c1-12(2)18(20)21-17-10-8-13(3)7-9-15-16(11-14(17)4)19(15,5)6/h8,11,15-17H,1,7,9-10H2,2-6H3. The molecular formula is C19H28O2. The molecule has 1 fully saturated rings. The molecule has 0 spiro atoms. The molecule has 3 atom stereocenters. The van der Waals surface area contributed by atoms with Gasteiger partial charge in [0, 0.05) is 12.0 Å². The summed E-state index contributed by atoms with van der Waals surface area (Å²) in [6.45, 7) is 14.3. The maximum absolute atomic E-state index is 11.8. The molecule has 2 heteroatoms. The van der Waals surface area contributed by atoms with Gasteiger partial charge in [0.2, 0.25) is 0 Å². The molecule has 0 bridgehead atoms. The molecule has 0 aliphatic heterocycles. The van der Waals surface area contributed by atoms with E-state index < -0.39 is 0 Å². The van der Waals surface area contributed by atoms with Crippen LogP contribution in [-0.2, 0) is 9.53 Å². The molecule has 2 nitrogen and oxygen atoms in total. The molecule has 2 rings (SSSR count). The Kier molecular flexibility index (Phi) is 4.46. The van der Waals surface area contributed by atoms with Gasteiger partial charge in [0.15, 0.2) is 0 Å². The van der Waals surface area contributed by atoms with Gasteiger partial charge in [0.05, 0.1) is 0 Å². The van der Waals surface area contributed by atoms with Crippen LogP contribution >= 0.6 is 0 Å². The molecule has 0 aromatic carbocycles. The lowest BCUT2D eigenvalue weighted by Crippen LogP contribution is -2.20. The van der Waals surface area contributed by atoms with Gasteiger partial charge in [-0.05, 0) is 56.4 Å². The van der Waals surface area contributed by atoms with Crippen molar-refractivity contribution >= 4 is 5.97 Å². The van der Waals surface area contributed by atoms with Gasteiger partial charge in [0.1, 0.15) is 6.10 Å².